The molecule has 0 amide bonds. The molecule has 0 saturated carbocycles. The third-order valence-electron chi connectivity index (χ3n) is 3.24. The molecule has 2 rings (SSSR count). The molecule has 1 saturated heterocycles. The van der Waals surface area contributed by atoms with Crippen molar-refractivity contribution in [2.75, 3.05) is 32.8 Å². The van der Waals surface area contributed by atoms with Crippen LogP contribution in [0.4, 0.5) is 0 Å². The maximum Gasteiger partial charge on any atom is 0.0593 e. The largest absolute Gasteiger partial charge is 0.380 e. The first kappa shape index (κ1) is 12.6. The van der Waals surface area contributed by atoms with E-state index in [1.165, 1.54) is 11.1 Å². The SMILES string of the molecule is NCCc1ccccc1CN1CCCOCC1. The van der Waals surface area contributed by atoms with Gasteiger partial charge in [0.05, 0.1) is 6.61 Å². The van der Waals surface area contributed by atoms with Gasteiger partial charge in [0.15, 0.2) is 0 Å². The molecule has 17 heavy (non-hydrogen) atoms. The number of hydrogen-bond donors (Lipinski definition) is 1. The quantitative estimate of drug-likeness (QED) is 0.856. The van der Waals surface area contributed by atoms with E-state index < -0.39 is 0 Å². The lowest BCUT2D eigenvalue weighted by atomic mass is 10.0. The van der Waals surface area contributed by atoms with E-state index in [1.54, 1.807) is 0 Å². The maximum absolute atomic E-state index is 5.65. The number of benzene rings is 1. The minimum Gasteiger partial charge on any atom is -0.380 e. The minimum atomic E-state index is 0.722. The standard InChI is InChI=1S/C14H22N2O/c15-7-6-13-4-1-2-5-14(13)12-16-8-3-10-17-11-9-16/h1-2,4-5H,3,6-12,15H2. The van der Waals surface area contributed by atoms with Gasteiger partial charge in [0.25, 0.3) is 0 Å². The van der Waals surface area contributed by atoms with Gasteiger partial charge in [-0.05, 0) is 30.5 Å². The lowest BCUT2D eigenvalue weighted by Gasteiger charge is -2.20. The van der Waals surface area contributed by atoms with Crippen LogP contribution in [-0.2, 0) is 17.7 Å². The van der Waals surface area contributed by atoms with Crippen molar-refractivity contribution in [1.29, 1.82) is 0 Å². The van der Waals surface area contributed by atoms with E-state index in [4.69, 9.17) is 10.5 Å². The number of rotatable bonds is 4. The van der Waals surface area contributed by atoms with Crippen molar-refractivity contribution in [2.24, 2.45) is 5.73 Å². The Morgan fingerprint density at radius 3 is 2.76 bits per heavy atom. The van der Waals surface area contributed by atoms with E-state index in [1.807, 2.05) is 0 Å². The molecular formula is C14H22N2O. The summed E-state index contributed by atoms with van der Waals surface area (Å²) in [5, 5.41) is 0. The lowest BCUT2D eigenvalue weighted by molar-refractivity contribution is 0.140. The molecule has 1 heterocycles. The minimum absolute atomic E-state index is 0.722. The van der Waals surface area contributed by atoms with Crippen molar-refractivity contribution in [3.05, 3.63) is 35.4 Å². The Balaban J connectivity index is 2.00. The van der Waals surface area contributed by atoms with Crippen molar-refractivity contribution >= 4 is 0 Å². The molecule has 1 aliphatic rings. The van der Waals surface area contributed by atoms with Gasteiger partial charge in [-0.1, -0.05) is 24.3 Å². The van der Waals surface area contributed by atoms with Gasteiger partial charge in [-0.25, -0.2) is 0 Å². The Hall–Kier alpha value is -0.900. The molecule has 1 aromatic carbocycles. The van der Waals surface area contributed by atoms with Gasteiger partial charge < -0.3 is 10.5 Å². The van der Waals surface area contributed by atoms with Crippen molar-refractivity contribution < 1.29 is 4.74 Å². The fourth-order valence-electron chi connectivity index (χ4n) is 2.31. The molecule has 2 N–H and O–H groups in total. The first-order valence-electron chi connectivity index (χ1n) is 6.47. The molecule has 1 fully saturated rings. The Labute approximate surface area is 104 Å². The average molecular weight is 234 g/mol. The first-order valence-corrected chi connectivity index (χ1v) is 6.47. The van der Waals surface area contributed by atoms with Crippen LogP contribution < -0.4 is 5.73 Å². The molecular weight excluding hydrogens is 212 g/mol. The topological polar surface area (TPSA) is 38.5 Å². The van der Waals surface area contributed by atoms with Gasteiger partial charge in [0, 0.05) is 26.2 Å². The number of nitrogens with two attached hydrogens (primary N) is 1. The molecule has 1 aliphatic heterocycles. The van der Waals surface area contributed by atoms with Gasteiger partial charge in [0.2, 0.25) is 0 Å². The number of ether oxygens (including phenoxy) is 1. The van der Waals surface area contributed by atoms with Gasteiger partial charge in [-0.15, -0.1) is 0 Å². The van der Waals surface area contributed by atoms with Crippen LogP contribution >= 0.6 is 0 Å². The zero-order chi connectivity index (χ0) is 11.9. The van der Waals surface area contributed by atoms with Gasteiger partial charge in [-0.3, -0.25) is 4.90 Å². The summed E-state index contributed by atoms with van der Waals surface area (Å²) in [4.78, 5) is 2.47. The smallest absolute Gasteiger partial charge is 0.0593 e. The summed E-state index contributed by atoms with van der Waals surface area (Å²) in [6.45, 7) is 5.69. The lowest BCUT2D eigenvalue weighted by Crippen LogP contribution is -2.26. The maximum atomic E-state index is 5.65. The van der Waals surface area contributed by atoms with Crippen molar-refractivity contribution in [3.8, 4) is 0 Å². The van der Waals surface area contributed by atoms with Crippen LogP contribution in [0.25, 0.3) is 0 Å². The Bertz CT molecular complexity index is 333. The highest BCUT2D eigenvalue weighted by Gasteiger charge is 2.11. The predicted molar refractivity (Wildman–Crippen MR) is 69.9 cm³/mol. The highest BCUT2D eigenvalue weighted by Crippen LogP contribution is 2.13. The molecule has 0 unspecified atom stereocenters. The van der Waals surface area contributed by atoms with Gasteiger partial charge >= 0.3 is 0 Å². The summed E-state index contributed by atoms with van der Waals surface area (Å²) in [6, 6.07) is 8.62. The van der Waals surface area contributed by atoms with Crippen LogP contribution in [0, 0.1) is 0 Å². The van der Waals surface area contributed by atoms with Crippen LogP contribution in [0.5, 0.6) is 0 Å². The molecule has 0 aromatic heterocycles. The predicted octanol–water partition coefficient (Wildman–Crippen LogP) is 1.41. The second kappa shape index (κ2) is 6.74. The Kier molecular flexibility index (Phi) is 4.98. The number of hydrogen-bond acceptors (Lipinski definition) is 3. The van der Waals surface area contributed by atoms with Crippen molar-refractivity contribution in [2.45, 2.75) is 19.4 Å². The summed E-state index contributed by atoms with van der Waals surface area (Å²) < 4.78 is 5.48. The first-order chi connectivity index (χ1) is 8.40. The van der Waals surface area contributed by atoms with Gasteiger partial charge in [0.1, 0.15) is 0 Å². The molecule has 1 aromatic rings. The third kappa shape index (κ3) is 3.80. The Morgan fingerprint density at radius 1 is 1.12 bits per heavy atom. The highest BCUT2D eigenvalue weighted by molar-refractivity contribution is 5.27. The molecule has 0 bridgehead atoms. The van der Waals surface area contributed by atoms with Crippen molar-refractivity contribution in [1.82, 2.24) is 4.90 Å². The summed E-state index contributed by atoms with van der Waals surface area (Å²) in [5.74, 6) is 0. The second-order valence-corrected chi connectivity index (χ2v) is 4.55. The molecule has 0 spiro atoms. The zero-order valence-corrected chi connectivity index (χ0v) is 10.4. The van der Waals surface area contributed by atoms with E-state index in [0.29, 0.717) is 0 Å². The van der Waals surface area contributed by atoms with Crippen LogP contribution in [-0.4, -0.2) is 37.7 Å². The van der Waals surface area contributed by atoms with Crippen LogP contribution in [0.3, 0.4) is 0 Å². The third-order valence-corrected chi connectivity index (χ3v) is 3.24. The van der Waals surface area contributed by atoms with Crippen LogP contribution in [0.2, 0.25) is 0 Å². The highest BCUT2D eigenvalue weighted by atomic mass is 16.5. The monoisotopic (exact) mass is 234 g/mol. The van der Waals surface area contributed by atoms with Gasteiger partial charge in [-0.2, -0.15) is 0 Å². The van der Waals surface area contributed by atoms with Crippen LogP contribution in [0.1, 0.15) is 17.5 Å². The van der Waals surface area contributed by atoms with E-state index in [-0.39, 0.29) is 0 Å². The Morgan fingerprint density at radius 2 is 1.94 bits per heavy atom. The molecule has 0 aliphatic carbocycles. The summed E-state index contributed by atoms with van der Waals surface area (Å²) >= 11 is 0. The van der Waals surface area contributed by atoms with Crippen molar-refractivity contribution in [3.63, 3.8) is 0 Å². The van der Waals surface area contributed by atoms with E-state index in [9.17, 15) is 0 Å². The van der Waals surface area contributed by atoms with E-state index in [2.05, 4.69) is 29.2 Å². The number of nitrogens with zero attached hydrogens (tertiary/aromatic N) is 1. The zero-order valence-electron chi connectivity index (χ0n) is 10.4. The molecule has 0 radical (unpaired) electrons. The van der Waals surface area contributed by atoms with Crippen LogP contribution in [0.15, 0.2) is 24.3 Å². The fraction of sp³-hybridized carbons (Fsp3) is 0.571. The molecule has 3 nitrogen and oxygen atoms in total. The van der Waals surface area contributed by atoms with E-state index >= 15 is 0 Å². The summed E-state index contributed by atoms with van der Waals surface area (Å²) in [7, 11) is 0. The average Bonchev–Trinajstić information content (AvgIpc) is 2.61. The summed E-state index contributed by atoms with van der Waals surface area (Å²) in [5.41, 5.74) is 8.46. The molecule has 3 heteroatoms. The molecule has 94 valence electrons. The molecule has 0 atom stereocenters. The summed E-state index contributed by atoms with van der Waals surface area (Å²) in [6.07, 6.45) is 2.11. The van der Waals surface area contributed by atoms with E-state index in [0.717, 1.165) is 52.2 Å². The fourth-order valence-corrected chi connectivity index (χ4v) is 2.31. The normalized spacial score (nSPS) is 17.9. The second-order valence-electron chi connectivity index (χ2n) is 4.55.